The zero-order chi connectivity index (χ0) is 17.2. The topological polar surface area (TPSA) is 67.4 Å². The van der Waals surface area contributed by atoms with Crippen LogP contribution >= 0.6 is 0 Å². The molecule has 2 N–H and O–H groups in total. The zero-order valence-corrected chi connectivity index (χ0v) is 12.8. The molecule has 0 radical (unpaired) electrons. The van der Waals surface area contributed by atoms with Gasteiger partial charge in [-0.15, -0.1) is 0 Å². The Kier molecular flexibility index (Phi) is 8.10. The van der Waals surface area contributed by atoms with Gasteiger partial charge >= 0.3 is 11.8 Å². The average molecular weight is 332 g/mol. The number of unbranched alkanes of at least 4 members (excludes halogenated alkanes) is 1. The van der Waals surface area contributed by atoms with E-state index >= 15 is 0 Å². The van der Waals surface area contributed by atoms with Gasteiger partial charge in [-0.25, -0.2) is 13.2 Å². The minimum absolute atomic E-state index is 0.207. The molecule has 0 saturated heterocycles. The number of amides is 2. The molecule has 0 atom stereocenters. The first-order valence-electron chi connectivity index (χ1n) is 7.27. The van der Waals surface area contributed by atoms with E-state index in [1.807, 2.05) is 12.2 Å². The summed E-state index contributed by atoms with van der Waals surface area (Å²) in [6.07, 6.45) is 2.49. The van der Waals surface area contributed by atoms with Crippen molar-refractivity contribution in [3.63, 3.8) is 0 Å². The molecule has 1 rings (SSSR count). The molecule has 2 amide bonds. The molecule has 0 spiro atoms. The number of nitrogens with one attached hydrogen (secondary N) is 2. The lowest BCUT2D eigenvalue weighted by molar-refractivity contribution is -0.136. The van der Waals surface area contributed by atoms with Crippen LogP contribution in [0.2, 0.25) is 0 Å². The van der Waals surface area contributed by atoms with Gasteiger partial charge in [0.05, 0.1) is 5.69 Å². The Morgan fingerprint density at radius 1 is 1.04 bits per heavy atom. The van der Waals surface area contributed by atoms with Crippen molar-refractivity contribution in [2.24, 2.45) is 0 Å². The largest absolute Gasteiger partial charge is 0.381 e. The fourth-order valence-electron chi connectivity index (χ4n) is 1.61. The van der Waals surface area contributed by atoms with Gasteiger partial charge < -0.3 is 15.4 Å². The van der Waals surface area contributed by atoms with Crippen molar-refractivity contribution in [2.75, 3.05) is 25.1 Å². The summed E-state index contributed by atoms with van der Waals surface area (Å²) in [5.41, 5.74) is -0.605. The van der Waals surface area contributed by atoms with E-state index in [1.54, 1.807) is 0 Å². The highest BCUT2D eigenvalue weighted by molar-refractivity contribution is 6.39. The van der Waals surface area contributed by atoms with Crippen LogP contribution in [0.4, 0.5) is 18.9 Å². The van der Waals surface area contributed by atoms with E-state index in [9.17, 15) is 22.8 Å². The quantitative estimate of drug-likeness (QED) is 0.436. The molecule has 0 bridgehead atoms. The number of rotatable bonds is 8. The van der Waals surface area contributed by atoms with Crippen LogP contribution in [0.5, 0.6) is 0 Å². The number of ether oxygens (including phenoxy) is 1. The maximum atomic E-state index is 13.4. The Bertz CT molecular complexity index is 553. The summed E-state index contributed by atoms with van der Waals surface area (Å²) in [6, 6.07) is 1.49. The second kappa shape index (κ2) is 9.83. The maximum absolute atomic E-state index is 13.4. The lowest BCUT2D eigenvalue weighted by Crippen LogP contribution is -2.36. The number of carbonyl (C=O) groups is 2. The van der Waals surface area contributed by atoms with Crippen LogP contribution in [0.3, 0.4) is 0 Å². The average Bonchev–Trinajstić information content (AvgIpc) is 2.54. The molecular weight excluding hydrogens is 313 g/mol. The molecule has 0 aromatic heterocycles. The van der Waals surface area contributed by atoms with Gasteiger partial charge in [-0.2, -0.15) is 0 Å². The zero-order valence-electron chi connectivity index (χ0n) is 12.8. The van der Waals surface area contributed by atoms with Crippen LogP contribution in [-0.4, -0.2) is 31.6 Å². The SMILES string of the molecule is CCCCOCCCNC(=O)C(=O)Nc1ccc(F)c(F)c1F. The fraction of sp³-hybridized carbons (Fsp3) is 0.467. The molecule has 0 aliphatic heterocycles. The van der Waals surface area contributed by atoms with Gasteiger partial charge in [0, 0.05) is 19.8 Å². The number of hydrogen-bond donors (Lipinski definition) is 2. The van der Waals surface area contributed by atoms with Crippen LogP contribution in [0.15, 0.2) is 12.1 Å². The molecule has 0 aliphatic carbocycles. The normalized spacial score (nSPS) is 10.4. The lowest BCUT2D eigenvalue weighted by Gasteiger charge is -2.08. The van der Waals surface area contributed by atoms with E-state index in [-0.39, 0.29) is 6.54 Å². The second-order valence-electron chi connectivity index (χ2n) is 4.75. The van der Waals surface area contributed by atoms with E-state index in [0.717, 1.165) is 18.9 Å². The number of anilines is 1. The van der Waals surface area contributed by atoms with E-state index in [2.05, 4.69) is 5.32 Å². The fourth-order valence-corrected chi connectivity index (χ4v) is 1.61. The predicted molar refractivity (Wildman–Crippen MR) is 78.3 cm³/mol. The van der Waals surface area contributed by atoms with E-state index in [1.165, 1.54) is 0 Å². The first kappa shape index (κ1) is 19.0. The molecule has 0 aliphatic rings. The van der Waals surface area contributed by atoms with Gasteiger partial charge in [0.1, 0.15) is 0 Å². The highest BCUT2D eigenvalue weighted by atomic mass is 19.2. The summed E-state index contributed by atoms with van der Waals surface area (Å²) >= 11 is 0. The molecule has 8 heteroatoms. The van der Waals surface area contributed by atoms with Crippen LogP contribution in [0.1, 0.15) is 26.2 Å². The van der Waals surface area contributed by atoms with Crippen LogP contribution in [0, 0.1) is 17.5 Å². The third kappa shape index (κ3) is 6.27. The van der Waals surface area contributed by atoms with Crippen LogP contribution in [0.25, 0.3) is 0 Å². The van der Waals surface area contributed by atoms with Gasteiger partial charge in [0.25, 0.3) is 0 Å². The van der Waals surface area contributed by atoms with Crippen molar-refractivity contribution in [2.45, 2.75) is 26.2 Å². The van der Waals surface area contributed by atoms with Crippen molar-refractivity contribution in [1.82, 2.24) is 5.32 Å². The third-order valence-electron chi connectivity index (χ3n) is 2.88. The van der Waals surface area contributed by atoms with Gasteiger partial charge in [0.2, 0.25) is 0 Å². The van der Waals surface area contributed by atoms with Gasteiger partial charge in [-0.1, -0.05) is 13.3 Å². The predicted octanol–water partition coefficient (Wildman–Crippen LogP) is 2.37. The van der Waals surface area contributed by atoms with Crippen molar-refractivity contribution in [1.29, 1.82) is 0 Å². The van der Waals surface area contributed by atoms with Crippen molar-refractivity contribution in [3.05, 3.63) is 29.6 Å². The number of benzene rings is 1. The summed E-state index contributed by atoms with van der Waals surface area (Å²) in [5, 5.41) is 4.20. The summed E-state index contributed by atoms with van der Waals surface area (Å²) in [7, 11) is 0. The van der Waals surface area contributed by atoms with E-state index in [4.69, 9.17) is 4.74 Å². The van der Waals surface area contributed by atoms with Crippen molar-refractivity contribution < 1.29 is 27.5 Å². The molecule has 0 fully saturated rings. The minimum Gasteiger partial charge on any atom is -0.381 e. The summed E-state index contributed by atoms with van der Waals surface area (Å²) in [4.78, 5) is 23.0. The Balaban J connectivity index is 2.35. The van der Waals surface area contributed by atoms with Crippen molar-refractivity contribution in [3.8, 4) is 0 Å². The van der Waals surface area contributed by atoms with E-state index < -0.39 is 35.0 Å². The summed E-state index contributed by atoms with van der Waals surface area (Å²) in [6.45, 7) is 3.33. The lowest BCUT2D eigenvalue weighted by atomic mass is 10.2. The smallest absolute Gasteiger partial charge is 0.313 e. The molecule has 5 nitrogen and oxygen atoms in total. The summed E-state index contributed by atoms with van der Waals surface area (Å²) in [5.74, 6) is -6.82. The monoisotopic (exact) mass is 332 g/mol. The third-order valence-corrected chi connectivity index (χ3v) is 2.88. The van der Waals surface area contributed by atoms with Gasteiger partial charge in [0.15, 0.2) is 17.5 Å². The maximum Gasteiger partial charge on any atom is 0.313 e. The highest BCUT2D eigenvalue weighted by Gasteiger charge is 2.18. The molecule has 23 heavy (non-hydrogen) atoms. The number of hydrogen-bond acceptors (Lipinski definition) is 3. The number of halogens is 3. The molecule has 0 heterocycles. The molecular formula is C15H19F3N2O3. The Labute approximate surface area is 132 Å². The number of carbonyl (C=O) groups excluding carboxylic acids is 2. The van der Waals surface area contributed by atoms with Gasteiger partial charge in [-0.05, 0) is 25.0 Å². The van der Waals surface area contributed by atoms with E-state index in [0.29, 0.717) is 25.7 Å². The Morgan fingerprint density at radius 2 is 1.74 bits per heavy atom. The van der Waals surface area contributed by atoms with Gasteiger partial charge in [-0.3, -0.25) is 9.59 Å². The standard InChI is InChI=1S/C15H19F3N2O3/c1-2-3-8-23-9-4-7-19-14(21)15(22)20-11-6-5-10(16)12(17)13(11)18/h5-6H,2-4,7-9H2,1H3,(H,19,21)(H,20,22). The molecule has 128 valence electrons. The molecule has 1 aromatic carbocycles. The minimum atomic E-state index is -1.72. The Morgan fingerprint density at radius 3 is 2.43 bits per heavy atom. The van der Waals surface area contributed by atoms with Crippen LogP contribution < -0.4 is 10.6 Å². The molecule has 1 aromatic rings. The first-order valence-corrected chi connectivity index (χ1v) is 7.27. The van der Waals surface area contributed by atoms with Crippen molar-refractivity contribution >= 4 is 17.5 Å². The van der Waals surface area contributed by atoms with Crippen LogP contribution in [-0.2, 0) is 14.3 Å². The molecule has 0 saturated carbocycles. The highest BCUT2D eigenvalue weighted by Crippen LogP contribution is 2.19. The second-order valence-corrected chi connectivity index (χ2v) is 4.75. The summed E-state index contributed by atoms with van der Waals surface area (Å²) < 4.78 is 44.4. The Hall–Kier alpha value is -2.09. The first-order chi connectivity index (χ1) is 11.0. The molecule has 0 unspecified atom stereocenters.